The number of rotatable bonds is 4. The van der Waals surface area contributed by atoms with Crippen LogP contribution in [-0.2, 0) is 4.79 Å². The molecule has 1 rings (SSSR count). The molecule has 0 aliphatic carbocycles. The predicted octanol–water partition coefficient (Wildman–Crippen LogP) is 3.25. The van der Waals surface area contributed by atoms with Crippen molar-refractivity contribution in [1.29, 1.82) is 0 Å². The standard InChI is InChI=1S/C11H12BrClO3/c1-2-7(11(15)16)10(14)6-3-4-9(13)8(12)5-6/h3-5,7,10,14H,2H2,1H3,(H,15,16). The number of carboxylic acid groups (broad SMARTS) is 1. The van der Waals surface area contributed by atoms with Crippen LogP contribution in [0, 0.1) is 5.92 Å². The molecule has 1 aromatic rings. The normalized spacial score (nSPS) is 14.5. The second-order valence-electron chi connectivity index (χ2n) is 3.47. The Kier molecular flexibility index (Phi) is 4.77. The van der Waals surface area contributed by atoms with Gasteiger partial charge < -0.3 is 10.2 Å². The van der Waals surface area contributed by atoms with E-state index in [0.29, 0.717) is 21.5 Å². The third-order valence-corrected chi connectivity index (χ3v) is 3.64. The van der Waals surface area contributed by atoms with Gasteiger partial charge in [0.15, 0.2) is 0 Å². The Hall–Kier alpha value is -0.580. The Balaban J connectivity index is 2.99. The van der Waals surface area contributed by atoms with Crippen molar-refractivity contribution in [3.05, 3.63) is 33.3 Å². The third-order valence-electron chi connectivity index (χ3n) is 2.42. The number of hydrogen-bond acceptors (Lipinski definition) is 2. The zero-order valence-corrected chi connectivity index (χ0v) is 11.0. The molecular weight excluding hydrogens is 295 g/mol. The fraction of sp³-hybridized carbons (Fsp3) is 0.364. The van der Waals surface area contributed by atoms with Crippen LogP contribution in [0.4, 0.5) is 0 Å². The van der Waals surface area contributed by atoms with Gasteiger partial charge in [-0.1, -0.05) is 24.6 Å². The number of carbonyl (C=O) groups is 1. The summed E-state index contributed by atoms with van der Waals surface area (Å²) in [4.78, 5) is 10.9. The Morgan fingerprint density at radius 1 is 1.56 bits per heavy atom. The van der Waals surface area contributed by atoms with Gasteiger partial charge in [0.05, 0.1) is 17.0 Å². The van der Waals surface area contributed by atoms with E-state index >= 15 is 0 Å². The largest absolute Gasteiger partial charge is 0.481 e. The minimum absolute atomic E-state index is 0.372. The van der Waals surface area contributed by atoms with Crippen LogP contribution in [0.5, 0.6) is 0 Å². The number of carboxylic acids is 1. The Morgan fingerprint density at radius 2 is 2.19 bits per heavy atom. The van der Waals surface area contributed by atoms with E-state index < -0.39 is 18.0 Å². The van der Waals surface area contributed by atoms with Gasteiger partial charge in [0.2, 0.25) is 0 Å². The molecule has 0 aliphatic rings. The molecule has 0 aliphatic heterocycles. The molecule has 0 amide bonds. The van der Waals surface area contributed by atoms with Crippen molar-refractivity contribution in [3.63, 3.8) is 0 Å². The van der Waals surface area contributed by atoms with Crippen molar-refractivity contribution in [1.82, 2.24) is 0 Å². The van der Waals surface area contributed by atoms with Crippen molar-refractivity contribution in [2.75, 3.05) is 0 Å². The van der Waals surface area contributed by atoms with Crippen molar-refractivity contribution < 1.29 is 15.0 Å². The minimum Gasteiger partial charge on any atom is -0.481 e. The predicted molar refractivity (Wildman–Crippen MR) is 65.5 cm³/mol. The number of benzene rings is 1. The Labute approximate surface area is 107 Å². The topological polar surface area (TPSA) is 57.5 Å². The molecule has 0 heterocycles. The van der Waals surface area contributed by atoms with Crippen LogP contribution in [0.25, 0.3) is 0 Å². The number of aliphatic hydroxyl groups excluding tert-OH is 1. The summed E-state index contributed by atoms with van der Waals surface area (Å²) in [5, 5.41) is 19.4. The van der Waals surface area contributed by atoms with Gasteiger partial charge in [-0.25, -0.2) is 0 Å². The fourth-order valence-electron chi connectivity index (χ4n) is 1.46. The summed E-state index contributed by atoms with van der Waals surface area (Å²) in [5.41, 5.74) is 0.547. The molecular formula is C11H12BrClO3. The molecule has 3 nitrogen and oxygen atoms in total. The van der Waals surface area contributed by atoms with E-state index in [0.717, 1.165) is 0 Å². The molecule has 0 aromatic heterocycles. The third kappa shape index (κ3) is 2.97. The molecule has 0 saturated carbocycles. The Bertz CT molecular complexity index is 395. The first-order chi connectivity index (χ1) is 7.47. The number of hydrogen-bond donors (Lipinski definition) is 2. The van der Waals surface area contributed by atoms with E-state index in [4.69, 9.17) is 16.7 Å². The van der Waals surface area contributed by atoms with Crippen molar-refractivity contribution in [2.45, 2.75) is 19.4 Å². The van der Waals surface area contributed by atoms with Gasteiger partial charge in [-0.15, -0.1) is 0 Å². The monoisotopic (exact) mass is 306 g/mol. The fourth-order valence-corrected chi connectivity index (χ4v) is 1.98. The lowest BCUT2D eigenvalue weighted by molar-refractivity contribution is -0.146. The molecule has 0 saturated heterocycles. The van der Waals surface area contributed by atoms with Gasteiger partial charge in [-0.2, -0.15) is 0 Å². The first-order valence-electron chi connectivity index (χ1n) is 4.83. The van der Waals surface area contributed by atoms with E-state index in [2.05, 4.69) is 15.9 Å². The second kappa shape index (κ2) is 5.66. The molecule has 2 atom stereocenters. The molecule has 0 bridgehead atoms. The van der Waals surface area contributed by atoms with Crippen LogP contribution in [-0.4, -0.2) is 16.2 Å². The maximum Gasteiger partial charge on any atom is 0.309 e. The van der Waals surface area contributed by atoms with Gasteiger partial charge in [0.1, 0.15) is 0 Å². The summed E-state index contributed by atoms with van der Waals surface area (Å²) in [6, 6.07) is 4.89. The Morgan fingerprint density at radius 3 is 2.62 bits per heavy atom. The highest BCUT2D eigenvalue weighted by atomic mass is 79.9. The van der Waals surface area contributed by atoms with Crippen LogP contribution >= 0.6 is 27.5 Å². The molecule has 2 unspecified atom stereocenters. The first-order valence-corrected chi connectivity index (χ1v) is 6.00. The summed E-state index contributed by atoms with van der Waals surface area (Å²) in [7, 11) is 0. The summed E-state index contributed by atoms with van der Waals surface area (Å²) >= 11 is 9.05. The second-order valence-corrected chi connectivity index (χ2v) is 4.73. The van der Waals surface area contributed by atoms with Gasteiger partial charge in [0, 0.05) is 4.47 Å². The van der Waals surface area contributed by atoms with Gasteiger partial charge >= 0.3 is 5.97 Å². The molecule has 16 heavy (non-hydrogen) atoms. The van der Waals surface area contributed by atoms with E-state index in [1.54, 1.807) is 25.1 Å². The van der Waals surface area contributed by atoms with Gasteiger partial charge in [-0.05, 0) is 40.0 Å². The summed E-state index contributed by atoms with van der Waals surface area (Å²) in [5.74, 6) is -1.80. The molecule has 5 heteroatoms. The van der Waals surface area contributed by atoms with Gasteiger partial charge in [-0.3, -0.25) is 4.79 Å². The van der Waals surface area contributed by atoms with E-state index in [9.17, 15) is 9.90 Å². The number of aliphatic carboxylic acids is 1. The zero-order valence-electron chi connectivity index (χ0n) is 8.65. The maximum atomic E-state index is 10.9. The SMILES string of the molecule is CCC(C(=O)O)C(O)c1ccc(Cl)c(Br)c1. The van der Waals surface area contributed by atoms with E-state index in [1.165, 1.54) is 0 Å². The van der Waals surface area contributed by atoms with Crippen molar-refractivity contribution >= 4 is 33.5 Å². The molecule has 0 fully saturated rings. The highest BCUT2D eigenvalue weighted by Crippen LogP contribution is 2.30. The molecule has 1 aromatic carbocycles. The molecule has 88 valence electrons. The van der Waals surface area contributed by atoms with E-state index in [1.807, 2.05) is 0 Å². The first kappa shape index (κ1) is 13.5. The summed E-state index contributed by atoms with van der Waals surface area (Å²) in [6.07, 6.45) is -0.646. The minimum atomic E-state index is -1.02. The van der Waals surface area contributed by atoms with Crippen LogP contribution in [0.2, 0.25) is 5.02 Å². The van der Waals surface area contributed by atoms with Crippen molar-refractivity contribution in [2.24, 2.45) is 5.92 Å². The highest BCUT2D eigenvalue weighted by molar-refractivity contribution is 9.10. The average molecular weight is 308 g/mol. The van der Waals surface area contributed by atoms with E-state index in [-0.39, 0.29) is 0 Å². The molecule has 2 N–H and O–H groups in total. The summed E-state index contributed by atoms with van der Waals surface area (Å²) in [6.45, 7) is 1.73. The highest BCUT2D eigenvalue weighted by Gasteiger charge is 2.26. The van der Waals surface area contributed by atoms with Crippen LogP contribution < -0.4 is 0 Å². The summed E-state index contributed by atoms with van der Waals surface area (Å²) < 4.78 is 0.644. The van der Waals surface area contributed by atoms with Crippen LogP contribution in [0.3, 0.4) is 0 Å². The van der Waals surface area contributed by atoms with Crippen molar-refractivity contribution in [3.8, 4) is 0 Å². The zero-order chi connectivity index (χ0) is 12.3. The average Bonchev–Trinajstić information content (AvgIpc) is 2.22. The number of halogens is 2. The van der Waals surface area contributed by atoms with Crippen LogP contribution in [0.15, 0.2) is 22.7 Å². The quantitative estimate of drug-likeness (QED) is 0.898. The lowest BCUT2D eigenvalue weighted by atomic mass is 9.94. The van der Waals surface area contributed by atoms with Gasteiger partial charge in [0.25, 0.3) is 0 Å². The maximum absolute atomic E-state index is 10.9. The molecule has 0 spiro atoms. The lowest BCUT2D eigenvalue weighted by Gasteiger charge is -2.18. The molecule has 0 radical (unpaired) electrons. The lowest BCUT2D eigenvalue weighted by Crippen LogP contribution is -2.21. The number of aliphatic hydroxyl groups is 1. The van der Waals surface area contributed by atoms with Crippen LogP contribution in [0.1, 0.15) is 25.0 Å². The smallest absolute Gasteiger partial charge is 0.309 e.